The second kappa shape index (κ2) is 5.33. The molecule has 1 aromatic carbocycles. The van der Waals surface area contributed by atoms with Crippen molar-refractivity contribution in [3.05, 3.63) is 44.6 Å². The van der Waals surface area contributed by atoms with Crippen molar-refractivity contribution in [3.8, 4) is 11.4 Å². The van der Waals surface area contributed by atoms with Gasteiger partial charge in [0.1, 0.15) is 10.5 Å². The molecule has 0 saturated carbocycles. The molecule has 0 radical (unpaired) electrons. The zero-order chi connectivity index (χ0) is 13.3. The van der Waals surface area contributed by atoms with Gasteiger partial charge in [-0.15, -0.1) is 0 Å². The molecule has 4 heteroatoms. The van der Waals surface area contributed by atoms with E-state index in [-0.39, 0.29) is 0 Å². The molecule has 0 amide bonds. The number of benzene rings is 1. The molecule has 1 aromatic heterocycles. The number of nitrogens with zero attached hydrogens (tertiary/aromatic N) is 1. The number of aryl methyl sites for hydroxylation is 1. The first kappa shape index (κ1) is 13.4. The maximum absolute atomic E-state index is 5.30. The SMILES string of the molecule is Cc1cccc(-c2nc(=S)c(Br)c(C(C)C)[nH]2)c1. The van der Waals surface area contributed by atoms with Crippen molar-refractivity contribution in [2.45, 2.75) is 26.7 Å². The molecule has 0 bridgehead atoms. The molecule has 0 aliphatic heterocycles. The number of aromatic amines is 1. The van der Waals surface area contributed by atoms with Crippen molar-refractivity contribution in [2.75, 3.05) is 0 Å². The van der Waals surface area contributed by atoms with Gasteiger partial charge in [0.25, 0.3) is 0 Å². The van der Waals surface area contributed by atoms with Crippen LogP contribution in [-0.2, 0) is 0 Å². The molecule has 0 spiro atoms. The smallest absolute Gasteiger partial charge is 0.144 e. The van der Waals surface area contributed by atoms with Gasteiger partial charge in [-0.05, 0) is 34.8 Å². The van der Waals surface area contributed by atoms with Crippen molar-refractivity contribution in [2.24, 2.45) is 0 Å². The fraction of sp³-hybridized carbons (Fsp3) is 0.286. The molecule has 1 N–H and O–H groups in total. The van der Waals surface area contributed by atoms with E-state index in [4.69, 9.17) is 12.2 Å². The number of rotatable bonds is 2. The molecule has 18 heavy (non-hydrogen) atoms. The zero-order valence-corrected chi connectivity index (χ0v) is 13.0. The van der Waals surface area contributed by atoms with Gasteiger partial charge in [0.2, 0.25) is 0 Å². The molecule has 2 nitrogen and oxygen atoms in total. The van der Waals surface area contributed by atoms with Crippen molar-refractivity contribution >= 4 is 28.1 Å². The summed E-state index contributed by atoms with van der Waals surface area (Å²) in [6.07, 6.45) is 0. The topological polar surface area (TPSA) is 28.7 Å². The van der Waals surface area contributed by atoms with Crippen molar-refractivity contribution < 1.29 is 0 Å². The van der Waals surface area contributed by atoms with E-state index in [9.17, 15) is 0 Å². The first-order chi connectivity index (χ1) is 8.49. The van der Waals surface area contributed by atoms with Crippen LogP contribution in [0.15, 0.2) is 28.7 Å². The molecular weight excluding hydrogens is 308 g/mol. The summed E-state index contributed by atoms with van der Waals surface area (Å²) in [4.78, 5) is 7.81. The van der Waals surface area contributed by atoms with E-state index in [1.54, 1.807) is 0 Å². The Bertz CT molecular complexity index is 632. The fourth-order valence-corrected chi connectivity index (χ4v) is 2.65. The van der Waals surface area contributed by atoms with Crippen LogP contribution in [0.25, 0.3) is 11.4 Å². The normalized spacial score (nSPS) is 10.9. The quantitative estimate of drug-likeness (QED) is 0.788. The summed E-state index contributed by atoms with van der Waals surface area (Å²) in [5, 5.41) is 0. The van der Waals surface area contributed by atoms with Crippen LogP contribution in [0.4, 0.5) is 0 Å². The maximum atomic E-state index is 5.30. The lowest BCUT2D eigenvalue weighted by atomic mass is 10.1. The first-order valence-electron chi connectivity index (χ1n) is 5.86. The van der Waals surface area contributed by atoms with E-state index < -0.39 is 0 Å². The molecule has 0 fully saturated rings. The van der Waals surface area contributed by atoms with E-state index in [2.05, 4.69) is 58.8 Å². The van der Waals surface area contributed by atoms with Crippen LogP contribution in [0, 0.1) is 11.6 Å². The van der Waals surface area contributed by atoms with Crippen LogP contribution in [-0.4, -0.2) is 9.97 Å². The van der Waals surface area contributed by atoms with E-state index >= 15 is 0 Å². The highest BCUT2D eigenvalue weighted by molar-refractivity contribution is 9.10. The predicted octanol–water partition coefficient (Wildman–Crippen LogP) is 5.00. The van der Waals surface area contributed by atoms with Gasteiger partial charge in [-0.2, -0.15) is 0 Å². The Kier molecular flexibility index (Phi) is 3.97. The van der Waals surface area contributed by atoms with Crippen LogP contribution in [0.3, 0.4) is 0 Å². The average molecular weight is 323 g/mol. The number of aromatic nitrogens is 2. The van der Waals surface area contributed by atoms with Gasteiger partial charge in [0.15, 0.2) is 0 Å². The number of nitrogens with one attached hydrogen (secondary N) is 1. The van der Waals surface area contributed by atoms with Gasteiger partial charge in [-0.25, -0.2) is 4.98 Å². The van der Waals surface area contributed by atoms with Crippen LogP contribution in [0.1, 0.15) is 31.0 Å². The molecule has 0 aliphatic carbocycles. The summed E-state index contributed by atoms with van der Waals surface area (Å²) in [6.45, 7) is 6.33. The fourth-order valence-electron chi connectivity index (χ4n) is 1.80. The monoisotopic (exact) mass is 322 g/mol. The lowest BCUT2D eigenvalue weighted by Crippen LogP contribution is -2.00. The predicted molar refractivity (Wildman–Crippen MR) is 81.4 cm³/mol. The Hall–Kier alpha value is -1.00. The summed E-state index contributed by atoms with van der Waals surface area (Å²) >= 11 is 8.81. The second-order valence-electron chi connectivity index (χ2n) is 4.64. The Labute approximate surface area is 121 Å². The Balaban J connectivity index is 2.63. The Morgan fingerprint density at radius 2 is 2.06 bits per heavy atom. The zero-order valence-electron chi connectivity index (χ0n) is 10.6. The third-order valence-corrected chi connectivity index (χ3v) is 4.12. The van der Waals surface area contributed by atoms with E-state index in [1.165, 1.54) is 5.56 Å². The summed E-state index contributed by atoms with van der Waals surface area (Å²) in [5.74, 6) is 1.20. The minimum absolute atomic E-state index is 0.368. The van der Waals surface area contributed by atoms with Gasteiger partial charge >= 0.3 is 0 Å². The van der Waals surface area contributed by atoms with Crippen molar-refractivity contribution in [1.29, 1.82) is 0 Å². The summed E-state index contributed by atoms with van der Waals surface area (Å²) < 4.78 is 1.50. The van der Waals surface area contributed by atoms with Gasteiger partial charge in [0.05, 0.1) is 4.47 Å². The van der Waals surface area contributed by atoms with E-state index in [0.717, 1.165) is 21.6 Å². The van der Waals surface area contributed by atoms with Gasteiger partial charge in [-0.3, -0.25) is 0 Å². The molecular formula is C14H15BrN2S. The first-order valence-corrected chi connectivity index (χ1v) is 7.06. The molecule has 0 aliphatic rings. The summed E-state index contributed by atoms with van der Waals surface area (Å²) in [7, 11) is 0. The third-order valence-electron chi connectivity index (χ3n) is 2.76. The molecule has 2 aromatic rings. The number of hydrogen-bond acceptors (Lipinski definition) is 2. The second-order valence-corrected chi connectivity index (χ2v) is 5.82. The van der Waals surface area contributed by atoms with Gasteiger partial charge in [0, 0.05) is 11.3 Å². The molecule has 0 saturated heterocycles. The van der Waals surface area contributed by atoms with Crippen LogP contribution < -0.4 is 0 Å². The van der Waals surface area contributed by atoms with E-state index in [0.29, 0.717) is 10.6 Å². The maximum Gasteiger partial charge on any atom is 0.144 e. The lowest BCUT2D eigenvalue weighted by Gasteiger charge is -2.11. The van der Waals surface area contributed by atoms with Gasteiger partial charge < -0.3 is 4.98 Å². The highest BCUT2D eigenvalue weighted by Crippen LogP contribution is 2.26. The largest absolute Gasteiger partial charge is 0.342 e. The Morgan fingerprint density at radius 3 is 2.67 bits per heavy atom. The highest BCUT2D eigenvalue weighted by Gasteiger charge is 2.10. The molecule has 94 valence electrons. The molecule has 2 rings (SSSR count). The van der Waals surface area contributed by atoms with Crippen molar-refractivity contribution in [1.82, 2.24) is 9.97 Å². The number of H-pyrrole nitrogens is 1. The van der Waals surface area contributed by atoms with Gasteiger partial charge in [-0.1, -0.05) is 49.8 Å². The van der Waals surface area contributed by atoms with Crippen LogP contribution >= 0.6 is 28.1 Å². The number of hydrogen-bond donors (Lipinski definition) is 1. The standard InChI is InChI=1S/C14H15BrN2S/c1-8(2)12-11(15)14(18)17-13(16-12)10-6-4-5-9(3)7-10/h4-8H,1-3H3,(H,16,17,18). The minimum Gasteiger partial charge on any atom is -0.342 e. The minimum atomic E-state index is 0.368. The van der Waals surface area contributed by atoms with Crippen LogP contribution in [0.2, 0.25) is 0 Å². The lowest BCUT2D eigenvalue weighted by molar-refractivity contribution is 0.807. The van der Waals surface area contributed by atoms with E-state index in [1.807, 2.05) is 12.1 Å². The molecule has 1 heterocycles. The molecule has 0 unspecified atom stereocenters. The molecule has 0 atom stereocenters. The highest BCUT2D eigenvalue weighted by atomic mass is 79.9. The average Bonchev–Trinajstić information content (AvgIpc) is 2.32. The summed E-state index contributed by atoms with van der Waals surface area (Å²) in [6, 6.07) is 8.24. The third kappa shape index (κ3) is 2.70. The Morgan fingerprint density at radius 1 is 1.33 bits per heavy atom. The van der Waals surface area contributed by atoms with Crippen LogP contribution in [0.5, 0.6) is 0 Å². The van der Waals surface area contributed by atoms with Crippen molar-refractivity contribution in [3.63, 3.8) is 0 Å². The number of halogens is 1. The summed E-state index contributed by atoms with van der Waals surface area (Å²) in [5.41, 5.74) is 3.37.